The zero-order valence-electron chi connectivity index (χ0n) is 15.0. The molecule has 4 rings (SSSR count). The number of ether oxygens (including phenoxy) is 1. The molecule has 3 heterocycles. The van der Waals surface area contributed by atoms with Crippen molar-refractivity contribution in [2.24, 2.45) is 0 Å². The first kappa shape index (κ1) is 18.7. The summed E-state index contributed by atoms with van der Waals surface area (Å²) in [6.45, 7) is -0.521. The van der Waals surface area contributed by atoms with E-state index in [1.807, 2.05) is 6.07 Å². The zero-order valence-corrected chi connectivity index (χ0v) is 15.0. The summed E-state index contributed by atoms with van der Waals surface area (Å²) in [4.78, 5) is 24.2. The first-order valence-corrected chi connectivity index (χ1v) is 8.74. The summed E-state index contributed by atoms with van der Waals surface area (Å²) in [5.41, 5.74) is 1.26. The standard InChI is InChI=1S/C21H15F2N3O3/c22-16-3-4-17(29-7-6-27)19(23)18(16)20(28)15-11-26-21-14(15)8-13(10-25-21)12-2-1-5-24-9-12/h1-5,8-11,27H,6-7H2,(H,25,26). The molecule has 0 saturated heterocycles. The molecule has 29 heavy (non-hydrogen) atoms. The molecule has 6 nitrogen and oxygen atoms in total. The number of nitrogens with one attached hydrogen (secondary N) is 1. The van der Waals surface area contributed by atoms with Crippen LogP contribution < -0.4 is 4.74 Å². The van der Waals surface area contributed by atoms with E-state index in [1.54, 1.807) is 30.7 Å². The first-order valence-electron chi connectivity index (χ1n) is 8.74. The SMILES string of the molecule is O=C(c1c(F)ccc(OCCO)c1F)c1c[nH]c2ncc(-c3cccnc3)cc12. The zero-order chi connectivity index (χ0) is 20.4. The van der Waals surface area contributed by atoms with Crippen molar-refractivity contribution in [2.45, 2.75) is 0 Å². The maximum Gasteiger partial charge on any atom is 0.201 e. The number of aliphatic hydroxyl groups excluding tert-OH is 1. The molecule has 0 aliphatic heterocycles. The molecule has 3 aromatic heterocycles. The van der Waals surface area contributed by atoms with Crippen LogP contribution in [-0.2, 0) is 0 Å². The van der Waals surface area contributed by atoms with Crippen molar-refractivity contribution >= 4 is 16.8 Å². The highest BCUT2D eigenvalue weighted by molar-refractivity contribution is 6.16. The van der Waals surface area contributed by atoms with E-state index in [0.29, 0.717) is 16.6 Å². The molecular formula is C21H15F2N3O3. The van der Waals surface area contributed by atoms with Crippen LogP contribution in [0.4, 0.5) is 8.78 Å². The molecule has 0 bridgehead atoms. The minimum absolute atomic E-state index is 0.0790. The molecule has 4 aromatic rings. The molecule has 0 spiro atoms. The van der Waals surface area contributed by atoms with E-state index in [4.69, 9.17) is 9.84 Å². The third-order valence-corrected chi connectivity index (χ3v) is 4.40. The van der Waals surface area contributed by atoms with E-state index >= 15 is 0 Å². The molecule has 1 aromatic carbocycles. The maximum absolute atomic E-state index is 14.7. The Hall–Kier alpha value is -3.65. The summed E-state index contributed by atoms with van der Waals surface area (Å²) in [7, 11) is 0. The van der Waals surface area contributed by atoms with E-state index in [0.717, 1.165) is 17.7 Å². The third kappa shape index (κ3) is 3.45. The van der Waals surface area contributed by atoms with Gasteiger partial charge in [0.05, 0.1) is 12.2 Å². The first-order chi connectivity index (χ1) is 14.1. The fraction of sp³-hybridized carbons (Fsp3) is 0.0952. The molecule has 0 aliphatic carbocycles. The largest absolute Gasteiger partial charge is 0.488 e. The number of nitrogens with zero attached hydrogens (tertiary/aromatic N) is 2. The molecule has 0 fully saturated rings. The van der Waals surface area contributed by atoms with Gasteiger partial charge in [0.2, 0.25) is 5.78 Å². The topological polar surface area (TPSA) is 88.1 Å². The van der Waals surface area contributed by atoms with E-state index in [9.17, 15) is 13.6 Å². The molecule has 0 aliphatic rings. The average Bonchev–Trinajstić information content (AvgIpc) is 3.17. The number of rotatable bonds is 6. The number of ketones is 1. The van der Waals surface area contributed by atoms with Gasteiger partial charge in [-0.2, -0.15) is 0 Å². The summed E-state index contributed by atoms with van der Waals surface area (Å²) in [5.74, 6) is -3.27. The second kappa shape index (κ2) is 7.76. The highest BCUT2D eigenvalue weighted by atomic mass is 19.1. The number of pyridine rings is 2. The van der Waals surface area contributed by atoms with Gasteiger partial charge in [-0.3, -0.25) is 9.78 Å². The fourth-order valence-corrected chi connectivity index (χ4v) is 3.03. The molecule has 146 valence electrons. The van der Waals surface area contributed by atoms with Crippen LogP contribution in [-0.4, -0.2) is 39.1 Å². The van der Waals surface area contributed by atoms with Crippen LogP contribution in [0.25, 0.3) is 22.2 Å². The van der Waals surface area contributed by atoms with Crippen LogP contribution >= 0.6 is 0 Å². The van der Waals surface area contributed by atoms with Crippen molar-refractivity contribution < 1.29 is 23.4 Å². The summed E-state index contributed by atoms with van der Waals surface area (Å²) in [5, 5.41) is 9.26. The van der Waals surface area contributed by atoms with E-state index < -0.39 is 23.0 Å². The Labute approximate surface area is 163 Å². The van der Waals surface area contributed by atoms with Crippen LogP contribution in [0, 0.1) is 11.6 Å². The van der Waals surface area contributed by atoms with Crippen LogP contribution in [0.2, 0.25) is 0 Å². The van der Waals surface area contributed by atoms with Gasteiger partial charge in [-0.05, 0) is 24.3 Å². The summed E-state index contributed by atoms with van der Waals surface area (Å²) >= 11 is 0. The highest BCUT2D eigenvalue weighted by Crippen LogP contribution is 2.29. The van der Waals surface area contributed by atoms with Crippen molar-refractivity contribution in [1.29, 1.82) is 0 Å². The van der Waals surface area contributed by atoms with Gasteiger partial charge in [-0.25, -0.2) is 13.8 Å². The quantitative estimate of drug-likeness (QED) is 0.488. The van der Waals surface area contributed by atoms with Gasteiger partial charge in [0.1, 0.15) is 18.1 Å². The molecule has 0 radical (unpaired) electrons. The highest BCUT2D eigenvalue weighted by Gasteiger charge is 2.25. The van der Waals surface area contributed by atoms with Crippen molar-refractivity contribution in [3.05, 3.63) is 77.9 Å². The van der Waals surface area contributed by atoms with Crippen molar-refractivity contribution in [2.75, 3.05) is 13.2 Å². The van der Waals surface area contributed by atoms with Crippen molar-refractivity contribution in [1.82, 2.24) is 15.0 Å². The maximum atomic E-state index is 14.7. The van der Waals surface area contributed by atoms with Gasteiger partial charge in [0.25, 0.3) is 0 Å². The van der Waals surface area contributed by atoms with Crippen LogP contribution in [0.1, 0.15) is 15.9 Å². The predicted molar refractivity (Wildman–Crippen MR) is 102 cm³/mol. The Bertz CT molecular complexity index is 1190. The number of H-pyrrole nitrogens is 1. The lowest BCUT2D eigenvalue weighted by Gasteiger charge is -2.10. The van der Waals surface area contributed by atoms with Crippen molar-refractivity contribution in [3.8, 4) is 16.9 Å². The monoisotopic (exact) mass is 395 g/mol. The molecule has 0 saturated carbocycles. The normalized spacial score (nSPS) is 11.0. The fourth-order valence-electron chi connectivity index (χ4n) is 3.03. The number of halogens is 2. The number of benzene rings is 1. The smallest absolute Gasteiger partial charge is 0.201 e. The lowest BCUT2D eigenvalue weighted by molar-refractivity contribution is 0.103. The molecule has 8 heteroatoms. The molecule has 2 N–H and O–H groups in total. The van der Waals surface area contributed by atoms with Gasteiger partial charge < -0.3 is 14.8 Å². The van der Waals surface area contributed by atoms with E-state index in [-0.39, 0.29) is 24.5 Å². The number of aliphatic hydroxyl groups is 1. The van der Waals surface area contributed by atoms with Gasteiger partial charge in [-0.1, -0.05) is 6.07 Å². The minimum atomic E-state index is -1.12. The van der Waals surface area contributed by atoms with Gasteiger partial charge >= 0.3 is 0 Å². The van der Waals surface area contributed by atoms with Gasteiger partial charge in [-0.15, -0.1) is 0 Å². The Balaban J connectivity index is 1.80. The van der Waals surface area contributed by atoms with Crippen molar-refractivity contribution in [3.63, 3.8) is 0 Å². The number of carbonyl (C=O) groups excluding carboxylic acids is 1. The summed E-state index contributed by atoms with van der Waals surface area (Å²) < 4.78 is 34.1. The number of aromatic nitrogens is 3. The van der Waals surface area contributed by atoms with E-state index in [2.05, 4.69) is 15.0 Å². The number of carbonyl (C=O) groups is 1. The molecule has 0 atom stereocenters. The number of aromatic amines is 1. The molecule has 0 amide bonds. The Kier molecular flexibility index (Phi) is 5.01. The van der Waals surface area contributed by atoms with Gasteiger partial charge in [0.15, 0.2) is 11.6 Å². The molecular weight excluding hydrogens is 380 g/mol. The lowest BCUT2D eigenvalue weighted by Crippen LogP contribution is -2.10. The van der Waals surface area contributed by atoms with E-state index in [1.165, 1.54) is 6.20 Å². The Morgan fingerprint density at radius 1 is 1.17 bits per heavy atom. The van der Waals surface area contributed by atoms with Crippen LogP contribution in [0.5, 0.6) is 5.75 Å². The Morgan fingerprint density at radius 3 is 2.79 bits per heavy atom. The van der Waals surface area contributed by atoms with Crippen LogP contribution in [0.15, 0.2) is 55.1 Å². The summed E-state index contributed by atoms with van der Waals surface area (Å²) in [6.07, 6.45) is 6.28. The number of hydrogen-bond donors (Lipinski definition) is 2. The van der Waals surface area contributed by atoms with Crippen LogP contribution in [0.3, 0.4) is 0 Å². The number of hydrogen-bond acceptors (Lipinski definition) is 5. The average molecular weight is 395 g/mol. The lowest BCUT2D eigenvalue weighted by atomic mass is 10.0. The Morgan fingerprint density at radius 2 is 2.03 bits per heavy atom. The minimum Gasteiger partial charge on any atom is -0.488 e. The molecule has 0 unspecified atom stereocenters. The summed E-state index contributed by atoms with van der Waals surface area (Å²) in [6, 6.07) is 7.35. The number of fused-ring (bicyclic) bond motifs is 1. The predicted octanol–water partition coefficient (Wildman–Crippen LogP) is 3.51. The second-order valence-corrected chi connectivity index (χ2v) is 6.20. The van der Waals surface area contributed by atoms with Gasteiger partial charge in [0, 0.05) is 46.9 Å². The third-order valence-electron chi connectivity index (χ3n) is 4.40. The second-order valence-electron chi connectivity index (χ2n) is 6.20.